The van der Waals surface area contributed by atoms with Gasteiger partial charge < -0.3 is 9.47 Å². The molecule has 0 saturated heterocycles. The van der Waals surface area contributed by atoms with Crippen molar-refractivity contribution >= 4 is 5.57 Å². The molecule has 2 heteroatoms. The lowest BCUT2D eigenvalue weighted by atomic mass is 10.1. The highest BCUT2D eigenvalue weighted by Gasteiger charge is 1.98. The monoisotopic (exact) mass is 260 g/mol. The van der Waals surface area contributed by atoms with Gasteiger partial charge in [-0.3, -0.25) is 0 Å². The molecule has 0 amide bonds. The van der Waals surface area contributed by atoms with E-state index in [1.54, 1.807) is 0 Å². The molecule has 1 aromatic carbocycles. The van der Waals surface area contributed by atoms with Gasteiger partial charge in [0.15, 0.2) is 0 Å². The highest BCUT2D eigenvalue weighted by atomic mass is 16.5. The van der Waals surface area contributed by atoms with Crippen LogP contribution in [0.3, 0.4) is 0 Å². The van der Waals surface area contributed by atoms with E-state index in [0.717, 1.165) is 29.9 Å². The summed E-state index contributed by atoms with van der Waals surface area (Å²) in [7, 11) is 0. The largest absolute Gasteiger partial charge is 0.491 e. The molecule has 0 fully saturated rings. The minimum Gasteiger partial charge on any atom is -0.491 e. The van der Waals surface area contributed by atoms with E-state index in [1.165, 1.54) is 6.42 Å². The van der Waals surface area contributed by atoms with Crippen LogP contribution in [0.25, 0.3) is 5.57 Å². The summed E-state index contributed by atoms with van der Waals surface area (Å²) < 4.78 is 11.1. The molecule has 2 nitrogen and oxygen atoms in total. The van der Waals surface area contributed by atoms with Gasteiger partial charge in [-0.25, -0.2) is 0 Å². The van der Waals surface area contributed by atoms with Gasteiger partial charge in [0.25, 0.3) is 0 Å². The summed E-state index contributed by atoms with van der Waals surface area (Å²) in [5.41, 5.74) is 2.29. The Kier molecular flexibility index (Phi) is 7.68. The quantitative estimate of drug-likeness (QED) is 0.481. The van der Waals surface area contributed by atoms with Crippen molar-refractivity contribution in [1.82, 2.24) is 0 Å². The Morgan fingerprint density at radius 2 is 1.89 bits per heavy atom. The van der Waals surface area contributed by atoms with Crippen molar-refractivity contribution in [1.29, 1.82) is 0 Å². The fraction of sp³-hybridized carbons (Fsp3) is 0.412. The second-order valence-corrected chi connectivity index (χ2v) is 4.29. The fourth-order valence-electron chi connectivity index (χ4n) is 1.71. The van der Waals surface area contributed by atoms with Gasteiger partial charge in [0.1, 0.15) is 12.4 Å². The molecule has 0 aromatic heterocycles. The molecular formula is C17H24O2. The van der Waals surface area contributed by atoms with Gasteiger partial charge in [-0.1, -0.05) is 44.2 Å². The van der Waals surface area contributed by atoms with E-state index in [4.69, 9.17) is 9.47 Å². The Morgan fingerprint density at radius 1 is 1.16 bits per heavy atom. The molecule has 0 unspecified atom stereocenters. The summed E-state index contributed by atoms with van der Waals surface area (Å²) in [5, 5.41) is 0. The van der Waals surface area contributed by atoms with E-state index in [0.29, 0.717) is 13.2 Å². The average Bonchev–Trinajstić information content (AvgIpc) is 2.45. The van der Waals surface area contributed by atoms with Crippen LogP contribution in [0.1, 0.15) is 32.3 Å². The number of benzene rings is 1. The lowest BCUT2D eigenvalue weighted by molar-refractivity contribution is 0.0980. The van der Waals surface area contributed by atoms with Crippen molar-refractivity contribution in [3.63, 3.8) is 0 Å². The number of hydrogen-bond acceptors (Lipinski definition) is 2. The Hall–Kier alpha value is -1.54. The maximum absolute atomic E-state index is 5.62. The van der Waals surface area contributed by atoms with Crippen molar-refractivity contribution in [3.8, 4) is 5.75 Å². The fourth-order valence-corrected chi connectivity index (χ4v) is 1.71. The van der Waals surface area contributed by atoms with Gasteiger partial charge in [-0.2, -0.15) is 0 Å². The molecule has 0 N–H and O–H groups in total. The van der Waals surface area contributed by atoms with Crippen LogP contribution in [0.5, 0.6) is 5.75 Å². The smallest absolute Gasteiger partial charge is 0.119 e. The summed E-state index contributed by atoms with van der Waals surface area (Å²) in [4.78, 5) is 0. The van der Waals surface area contributed by atoms with E-state index in [2.05, 4.69) is 13.5 Å². The summed E-state index contributed by atoms with van der Waals surface area (Å²) in [6, 6.07) is 8.05. The third-order valence-corrected chi connectivity index (χ3v) is 2.86. The molecule has 19 heavy (non-hydrogen) atoms. The number of unbranched alkanes of at least 4 members (excludes halogenated alkanes) is 1. The molecule has 0 bridgehead atoms. The molecule has 0 aliphatic heterocycles. The van der Waals surface area contributed by atoms with Crippen LogP contribution in [0.4, 0.5) is 0 Å². The molecule has 0 atom stereocenters. The standard InChI is InChI=1S/C17H24O2/c1-4-7-12-18-13-14-19-17-10-8-16(9-11-17)15(5-2)6-3/h5-6,8-11H,2,4,7,12-14H2,1,3H3/b15-6+. The highest BCUT2D eigenvalue weighted by molar-refractivity contribution is 5.73. The molecule has 0 spiro atoms. The molecule has 104 valence electrons. The van der Waals surface area contributed by atoms with Crippen molar-refractivity contribution in [3.05, 3.63) is 48.6 Å². The summed E-state index contributed by atoms with van der Waals surface area (Å²) in [6.07, 6.45) is 6.18. The minimum atomic E-state index is 0.598. The van der Waals surface area contributed by atoms with Gasteiger partial charge in [-0.05, 0) is 36.6 Å². The second kappa shape index (κ2) is 9.40. The zero-order valence-electron chi connectivity index (χ0n) is 12.0. The maximum atomic E-state index is 5.62. The van der Waals surface area contributed by atoms with E-state index in [9.17, 15) is 0 Å². The zero-order valence-corrected chi connectivity index (χ0v) is 12.0. The Morgan fingerprint density at radius 3 is 2.47 bits per heavy atom. The van der Waals surface area contributed by atoms with Crippen LogP contribution in [0.2, 0.25) is 0 Å². The van der Waals surface area contributed by atoms with Gasteiger partial charge >= 0.3 is 0 Å². The first-order chi connectivity index (χ1) is 9.31. The van der Waals surface area contributed by atoms with E-state index >= 15 is 0 Å². The van der Waals surface area contributed by atoms with E-state index in [-0.39, 0.29) is 0 Å². The predicted molar refractivity (Wildman–Crippen MR) is 81.5 cm³/mol. The summed E-state index contributed by atoms with van der Waals surface area (Å²) in [5.74, 6) is 0.877. The number of ether oxygens (including phenoxy) is 2. The minimum absolute atomic E-state index is 0.598. The third-order valence-electron chi connectivity index (χ3n) is 2.86. The third kappa shape index (κ3) is 5.75. The lowest BCUT2D eigenvalue weighted by Gasteiger charge is -2.08. The molecule has 1 aromatic rings. The molecule has 0 heterocycles. The van der Waals surface area contributed by atoms with Crippen molar-refractivity contribution in [2.24, 2.45) is 0 Å². The molecular weight excluding hydrogens is 236 g/mol. The van der Waals surface area contributed by atoms with Crippen molar-refractivity contribution in [2.45, 2.75) is 26.7 Å². The van der Waals surface area contributed by atoms with Gasteiger partial charge in [0, 0.05) is 6.61 Å². The van der Waals surface area contributed by atoms with E-state index < -0.39 is 0 Å². The van der Waals surface area contributed by atoms with Crippen LogP contribution < -0.4 is 4.74 Å². The first-order valence-electron chi connectivity index (χ1n) is 6.91. The molecule has 1 rings (SSSR count). The van der Waals surface area contributed by atoms with Gasteiger partial charge in [-0.15, -0.1) is 0 Å². The maximum Gasteiger partial charge on any atom is 0.119 e. The number of hydrogen-bond donors (Lipinski definition) is 0. The van der Waals surface area contributed by atoms with Gasteiger partial charge in [0.2, 0.25) is 0 Å². The predicted octanol–water partition coefficient (Wildman–Crippen LogP) is 4.47. The Balaban J connectivity index is 2.34. The first kappa shape index (κ1) is 15.5. The van der Waals surface area contributed by atoms with Crippen LogP contribution in [0, 0.1) is 0 Å². The number of rotatable bonds is 9. The Labute approximate surface area is 116 Å². The van der Waals surface area contributed by atoms with Crippen molar-refractivity contribution in [2.75, 3.05) is 19.8 Å². The second-order valence-electron chi connectivity index (χ2n) is 4.29. The molecule has 0 saturated carbocycles. The zero-order chi connectivity index (χ0) is 13.9. The van der Waals surface area contributed by atoms with Crippen LogP contribution >= 0.6 is 0 Å². The van der Waals surface area contributed by atoms with Gasteiger partial charge in [0.05, 0.1) is 6.61 Å². The van der Waals surface area contributed by atoms with Crippen LogP contribution in [-0.4, -0.2) is 19.8 Å². The van der Waals surface area contributed by atoms with Crippen molar-refractivity contribution < 1.29 is 9.47 Å². The average molecular weight is 260 g/mol. The molecule has 0 radical (unpaired) electrons. The number of allylic oxidation sites excluding steroid dienone is 3. The van der Waals surface area contributed by atoms with Crippen LogP contribution in [-0.2, 0) is 4.74 Å². The molecule has 0 aliphatic carbocycles. The SMILES string of the molecule is C=C/C(=C\C)c1ccc(OCCOCCCC)cc1. The summed E-state index contributed by atoms with van der Waals surface area (Å²) >= 11 is 0. The first-order valence-corrected chi connectivity index (χ1v) is 6.91. The van der Waals surface area contributed by atoms with E-state index in [1.807, 2.05) is 43.3 Å². The topological polar surface area (TPSA) is 18.5 Å². The van der Waals surface area contributed by atoms with Crippen LogP contribution in [0.15, 0.2) is 43.0 Å². The molecule has 0 aliphatic rings. The summed E-state index contributed by atoms with van der Waals surface area (Å²) in [6.45, 7) is 10.0. The normalized spacial score (nSPS) is 11.4. The lowest BCUT2D eigenvalue weighted by Crippen LogP contribution is -2.07. The highest BCUT2D eigenvalue weighted by Crippen LogP contribution is 2.19. The Bertz CT molecular complexity index is 390.